The molecule has 0 fully saturated rings. The van der Waals surface area contributed by atoms with Crippen molar-refractivity contribution in [1.82, 2.24) is 15.1 Å². The van der Waals surface area contributed by atoms with Gasteiger partial charge in [-0.25, -0.2) is 4.98 Å². The molecule has 0 aliphatic carbocycles. The van der Waals surface area contributed by atoms with Gasteiger partial charge in [-0.1, -0.05) is 41.6 Å². The van der Waals surface area contributed by atoms with Gasteiger partial charge in [-0.15, -0.1) is 0 Å². The standard InChI is InChI=1S/C19H16N4O2S/c1-3-16-21-17(23-25-16)12-5-7-13(8-6-12)18(24)22-19-20-14-9-4-11(2)10-15(14)26-19/h4-10H,3H2,1-2H3,(H,20,22,24). The third-order valence-electron chi connectivity index (χ3n) is 3.94. The number of carbonyl (C=O) groups excluding carboxylic acids is 1. The SMILES string of the molecule is CCc1nc(-c2ccc(C(=O)Nc3nc4ccc(C)cc4s3)cc2)no1. The summed E-state index contributed by atoms with van der Waals surface area (Å²) in [6.45, 7) is 3.99. The maximum absolute atomic E-state index is 12.5. The number of hydrogen-bond acceptors (Lipinski definition) is 6. The van der Waals surface area contributed by atoms with Crippen molar-refractivity contribution in [1.29, 1.82) is 0 Å². The van der Waals surface area contributed by atoms with E-state index in [4.69, 9.17) is 4.52 Å². The number of thiazole rings is 1. The Balaban J connectivity index is 1.52. The van der Waals surface area contributed by atoms with Crippen LogP contribution in [0.2, 0.25) is 0 Å². The molecule has 0 aliphatic heterocycles. The number of benzene rings is 2. The number of fused-ring (bicyclic) bond motifs is 1. The summed E-state index contributed by atoms with van der Waals surface area (Å²) in [4.78, 5) is 21.2. The molecule has 1 N–H and O–H groups in total. The van der Waals surface area contributed by atoms with E-state index in [1.54, 1.807) is 24.3 Å². The summed E-state index contributed by atoms with van der Waals surface area (Å²) in [7, 11) is 0. The summed E-state index contributed by atoms with van der Waals surface area (Å²) < 4.78 is 6.17. The molecule has 4 aromatic rings. The first kappa shape index (κ1) is 16.4. The lowest BCUT2D eigenvalue weighted by molar-refractivity contribution is 0.102. The number of anilines is 1. The van der Waals surface area contributed by atoms with E-state index in [2.05, 4.69) is 26.5 Å². The van der Waals surface area contributed by atoms with Crippen molar-refractivity contribution in [2.45, 2.75) is 20.3 Å². The second kappa shape index (κ2) is 6.68. The molecule has 4 rings (SSSR count). The van der Waals surface area contributed by atoms with Crippen LogP contribution in [-0.2, 0) is 6.42 Å². The van der Waals surface area contributed by atoms with Gasteiger partial charge in [0.2, 0.25) is 11.7 Å². The van der Waals surface area contributed by atoms with Crippen LogP contribution in [0.1, 0.15) is 28.7 Å². The second-order valence-electron chi connectivity index (χ2n) is 5.89. The van der Waals surface area contributed by atoms with Gasteiger partial charge in [0, 0.05) is 17.5 Å². The van der Waals surface area contributed by atoms with Gasteiger partial charge in [0.25, 0.3) is 5.91 Å². The number of aromatic nitrogens is 3. The first-order chi connectivity index (χ1) is 12.6. The van der Waals surface area contributed by atoms with Gasteiger partial charge in [0.1, 0.15) is 0 Å². The minimum Gasteiger partial charge on any atom is -0.339 e. The summed E-state index contributed by atoms with van der Waals surface area (Å²) >= 11 is 1.46. The zero-order valence-electron chi connectivity index (χ0n) is 14.3. The molecule has 0 saturated heterocycles. The molecular weight excluding hydrogens is 348 g/mol. The fourth-order valence-electron chi connectivity index (χ4n) is 2.54. The number of amides is 1. The average Bonchev–Trinajstić information content (AvgIpc) is 3.27. The lowest BCUT2D eigenvalue weighted by Crippen LogP contribution is -2.11. The van der Waals surface area contributed by atoms with Crippen LogP contribution in [0.15, 0.2) is 47.0 Å². The molecule has 0 unspecified atom stereocenters. The molecule has 0 radical (unpaired) electrons. The maximum Gasteiger partial charge on any atom is 0.257 e. The van der Waals surface area contributed by atoms with Crippen molar-refractivity contribution in [2.75, 3.05) is 5.32 Å². The molecule has 6 nitrogen and oxygen atoms in total. The highest BCUT2D eigenvalue weighted by molar-refractivity contribution is 7.22. The minimum atomic E-state index is -0.199. The van der Waals surface area contributed by atoms with Gasteiger partial charge in [-0.3, -0.25) is 10.1 Å². The van der Waals surface area contributed by atoms with E-state index in [1.165, 1.54) is 16.9 Å². The average molecular weight is 364 g/mol. The first-order valence-electron chi connectivity index (χ1n) is 8.24. The van der Waals surface area contributed by atoms with Crippen molar-refractivity contribution in [2.24, 2.45) is 0 Å². The Kier molecular flexibility index (Phi) is 4.22. The molecule has 1 amide bonds. The Hall–Kier alpha value is -3.06. The molecule has 2 heterocycles. The highest BCUT2D eigenvalue weighted by Crippen LogP contribution is 2.27. The van der Waals surface area contributed by atoms with Gasteiger partial charge in [0.15, 0.2) is 5.13 Å². The molecule has 0 saturated carbocycles. The van der Waals surface area contributed by atoms with E-state index < -0.39 is 0 Å². The number of carbonyl (C=O) groups is 1. The first-order valence-corrected chi connectivity index (χ1v) is 9.05. The van der Waals surface area contributed by atoms with Gasteiger partial charge in [0.05, 0.1) is 10.2 Å². The van der Waals surface area contributed by atoms with Crippen LogP contribution >= 0.6 is 11.3 Å². The third-order valence-corrected chi connectivity index (χ3v) is 4.87. The van der Waals surface area contributed by atoms with Crippen LogP contribution in [0.3, 0.4) is 0 Å². The molecule has 0 bridgehead atoms. The minimum absolute atomic E-state index is 0.199. The quantitative estimate of drug-likeness (QED) is 0.578. The molecule has 2 aromatic carbocycles. The maximum atomic E-state index is 12.5. The normalized spacial score (nSPS) is 11.0. The smallest absolute Gasteiger partial charge is 0.257 e. The molecule has 130 valence electrons. The molecule has 0 aliphatic rings. The topological polar surface area (TPSA) is 80.9 Å². The number of rotatable bonds is 4. The van der Waals surface area contributed by atoms with Crippen LogP contribution in [0.4, 0.5) is 5.13 Å². The van der Waals surface area contributed by atoms with Gasteiger partial charge in [-0.2, -0.15) is 4.98 Å². The van der Waals surface area contributed by atoms with E-state index in [9.17, 15) is 4.79 Å². The Bertz CT molecular complexity index is 1080. The van der Waals surface area contributed by atoms with Crippen LogP contribution in [0.25, 0.3) is 21.6 Å². The van der Waals surface area contributed by atoms with E-state index in [0.717, 1.165) is 15.8 Å². The predicted molar refractivity (Wildman–Crippen MR) is 101 cm³/mol. The van der Waals surface area contributed by atoms with E-state index in [1.807, 2.05) is 26.0 Å². The van der Waals surface area contributed by atoms with E-state index >= 15 is 0 Å². The molecule has 2 aromatic heterocycles. The molecule has 7 heteroatoms. The second-order valence-corrected chi connectivity index (χ2v) is 6.92. The van der Waals surface area contributed by atoms with Crippen LogP contribution in [0, 0.1) is 6.92 Å². The van der Waals surface area contributed by atoms with Crippen LogP contribution in [-0.4, -0.2) is 21.0 Å². The number of nitrogens with zero attached hydrogens (tertiary/aromatic N) is 3. The zero-order chi connectivity index (χ0) is 18.1. The summed E-state index contributed by atoms with van der Waals surface area (Å²) in [6, 6.07) is 13.1. The Morgan fingerprint density at radius 2 is 1.96 bits per heavy atom. The van der Waals surface area contributed by atoms with Gasteiger partial charge < -0.3 is 4.52 Å². The third kappa shape index (κ3) is 3.21. The van der Waals surface area contributed by atoms with E-state index in [0.29, 0.717) is 28.8 Å². The van der Waals surface area contributed by atoms with Crippen molar-refractivity contribution < 1.29 is 9.32 Å². The van der Waals surface area contributed by atoms with Crippen molar-refractivity contribution in [3.05, 3.63) is 59.5 Å². The molecule has 26 heavy (non-hydrogen) atoms. The summed E-state index contributed by atoms with van der Waals surface area (Å²) in [6.07, 6.45) is 0.690. The summed E-state index contributed by atoms with van der Waals surface area (Å²) in [5.74, 6) is 0.915. The van der Waals surface area contributed by atoms with Gasteiger partial charge >= 0.3 is 0 Å². The Morgan fingerprint density at radius 1 is 1.15 bits per heavy atom. The number of aryl methyl sites for hydroxylation is 2. The van der Waals surface area contributed by atoms with Crippen LogP contribution < -0.4 is 5.32 Å². The predicted octanol–water partition coefficient (Wildman–Crippen LogP) is 4.47. The largest absolute Gasteiger partial charge is 0.339 e. The summed E-state index contributed by atoms with van der Waals surface area (Å²) in [5.41, 5.74) is 3.40. The van der Waals surface area contributed by atoms with Crippen LogP contribution in [0.5, 0.6) is 0 Å². The highest BCUT2D eigenvalue weighted by atomic mass is 32.1. The van der Waals surface area contributed by atoms with Crippen molar-refractivity contribution >= 4 is 32.6 Å². The molecule has 0 atom stereocenters. The monoisotopic (exact) mass is 364 g/mol. The summed E-state index contributed by atoms with van der Waals surface area (Å²) in [5, 5.41) is 7.38. The Morgan fingerprint density at radius 3 is 2.69 bits per heavy atom. The molecule has 0 spiro atoms. The number of nitrogens with one attached hydrogen (secondary N) is 1. The number of hydrogen-bond donors (Lipinski definition) is 1. The lowest BCUT2D eigenvalue weighted by Gasteiger charge is -2.02. The lowest BCUT2D eigenvalue weighted by atomic mass is 10.1. The van der Waals surface area contributed by atoms with Crippen molar-refractivity contribution in [3.8, 4) is 11.4 Å². The highest BCUT2D eigenvalue weighted by Gasteiger charge is 2.12. The van der Waals surface area contributed by atoms with Crippen molar-refractivity contribution in [3.63, 3.8) is 0 Å². The van der Waals surface area contributed by atoms with E-state index in [-0.39, 0.29) is 5.91 Å². The Labute approximate surface area is 153 Å². The molecular formula is C19H16N4O2S. The fraction of sp³-hybridized carbons (Fsp3) is 0.158. The zero-order valence-corrected chi connectivity index (χ0v) is 15.1. The fourth-order valence-corrected chi connectivity index (χ4v) is 3.50. The van der Waals surface area contributed by atoms with Gasteiger partial charge in [-0.05, 0) is 36.8 Å².